The highest BCUT2D eigenvalue weighted by Crippen LogP contribution is 2.35. The van der Waals surface area contributed by atoms with Crippen molar-refractivity contribution >= 4 is 56.8 Å². The Morgan fingerprint density at radius 2 is 2.08 bits per heavy atom. The van der Waals surface area contributed by atoms with E-state index in [2.05, 4.69) is 50.5 Å². The van der Waals surface area contributed by atoms with Crippen LogP contribution in [-0.4, -0.2) is 11.0 Å². The van der Waals surface area contributed by atoms with Gasteiger partial charge in [-0.15, -0.1) is 0 Å². The van der Waals surface area contributed by atoms with Gasteiger partial charge in [0.25, 0.3) is 5.91 Å². The molecule has 2 rings (SSSR count). The first-order valence-electron chi connectivity index (χ1n) is 3.57. The maximum absolute atomic E-state index is 11.1. The minimum absolute atomic E-state index is 0.338. The molecular formula is C8H5I2NO2. The predicted octanol–water partition coefficient (Wildman–Crippen LogP) is 1.88. The van der Waals surface area contributed by atoms with Gasteiger partial charge in [-0.25, -0.2) is 0 Å². The molecule has 1 atom stereocenters. The summed E-state index contributed by atoms with van der Waals surface area (Å²) in [5.41, 5.74) is 1.43. The van der Waals surface area contributed by atoms with Gasteiger partial charge < -0.3 is 10.4 Å². The molecule has 0 saturated heterocycles. The Morgan fingerprint density at radius 1 is 1.38 bits per heavy atom. The van der Waals surface area contributed by atoms with Crippen molar-refractivity contribution in [3.05, 3.63) is 24.8 Å². The molecule has 0 saturated carbocycles. The van der Waals surface area contributed by atoms with Gasteiger partial charge in [0.05, 0.1) is 5.69 Å². The van der Waals surface area contributed by atoms with Crippen molar-refractivity contribution in [1.82, 2.24) is 0 Å². The van der Waals surface area contributed by atoms with Crippen LogP contribution < -0.4 is 5.32 Å². The molecular weight excluding hydrogens is 396 g/mol. The van der Waals surface area contributed by atoms with E-state index in [0.717, 1.165) is 12.8 Å². The van der Waals surface area contributed by atoms with E-state index < -0.39 is 6.10 Å². The fourth-order valence-corrected chi connectivity index (χ4v) is 3.30. The molecule has 68 valence electrons. The first-order valence-corrected chi connectivity index (χ1v) is 5.73. The van der Waals surface area contributed by atoms with Crippen LogP contribution in [0.4, 0.5) is 5.69 Å². The Kier molecular flexibility index (Phi) is 2.49. The van der Waals surface area contributed by atoms with Gasteiger partial charge in [0, 0.05) is 12.7 Å². The number of carbonyl (C=O) groups is 1. The number of anilines is 1. The van der Waals surface area contributed by atoms with Gasteiger partial charge in [-0.3, -0.25) is 4.79 Å². The average Bonchev–Trinajstić information content (AvgIpc) is 2.32. The number of hydrogen-bond acceptors (Lipinski definition) is 2. The molecule has 1 aromatic carbocycles. The lowest BCUT2D eigenvalue weighted by Gasteiger charge is -2.03. The van der Waals surface area contributed by atoms with Crippen LogP contribution in [0.3, 0.4) is 0 Å². The molecule has 2 N–H and O–H groups in total. The van der Waals surface area contributed by atoms with Gasteiger partial charge in [0.1, 0.15) is 0 Å². The first kappa shape index (κ1) is 9.66. The summed E-state index contributed by atoms with van der Waals surface area (Å²) in [5.74, 6) is -0.338. The fourth-order valence-electron chi connectivity index (χ4n) is 1.27. The molecule has 3 nitrogen and oxygen atoms in total. The standard InChI is InChI=1S/C8H5I2NO2/c9-3-1-4-6(5(10)2-3)11-8(13)7(4)12/h1-2,7,12H,(H,11,13). The number of rotatable bonds is 0. The summed E-state index contributed by atoms with van der Waals surface area (Å²) >= 11 is 4.30. The Hall–Kier alpha value is 0.110. The molecule has 0 aromatic heterocycles. The van der Waals surface area contributed by atoms with E-state index in [1.54, 1.807) is 0 Å². The Morgan fingerprint density at radius 3 is 2.77 bits per heavy atom. The van der Waals surface area contributed by atoms with E-state index >= 15 is 0 Å². The summed E-state index contributed by atoms with van der Waals surface area (Å²) in [4.78, 5) is 11.1. The van der Waals surface area contributed by atoms with Crippen LogP contribution in [0.5, 0.6) is 0 Å². The number of aliphatic hydroxyl groups is 1. The van der Waals surface area contributed by atoms with Gasteiger partial charge in [-0.2, -0.15) is 0 Å². The van der Waals surface area contributed by atoms with Crippen molar-refractivity contribution < 1.29 is 9.90 Å². The van der Waals surface area contributed by atoms with Gasteiger partial charge in [0.15, 0.2) is 6.10 Å². The quantitative estimate of drug-likeness (QED) is 0.653. The number of benzene rings is 1. The lowest BCUT2D eigenvalue weighted by Crippen LogP contribution is -2.10. The number of carbonyl (C=O) groups excluding carboxylic acids is 1. The minimum atomic E-state index is -1.00. The molecule has 5 heteroatoms. The highest BCUT2D eigenvalue weighted by molar-refractivity contribution is 14.1. The fraction of sp³-hybridized carbons (Fsp3) is 0.125. The largest absolute Gasteiger partial charge is 0.378 e. The molecule has 1 heterocycles. The van der Waals surface area contributed by atoms with E-state index in [0.29, 0.717) is 5.56 Å². The Bertz CT molecular complexity index is 392. The van der Waals surface area contributed by atoms with Crippen molar-refractivity contribution in [2.45, 2.75) is 6.10 Å². The third-order valence-corrected chi connectivity index (χ3v) is 3.35. The topological polar surface area (TPSA) is 49.3 Å². The highest BCUT2D eigenvalue weighted by Gasteiger charge is 2.30. The average molecular weight is 401 g/mol. The zero-order valence-electron chi connectivity index (χ0n) is 6.34. The van der Waals surface area contributed by atoms with E-state index in [9.17, 15) is 9.90 Å². The third kappa shape index (κ3) is 1.57. The molecule has 0 fully saturated rings. The summed E-state index contributed by atoms with van der Waals surface area (Å²) in [7, 11) is 0. The van der Waals surface area contributed by atoms with Crippen LogP contribution in [0.25, 0.3) is 0 Å². The van der Waals surface area contributed by atoms with Crippen LogP contribution in [-0.2, 0) is 4.79 Å². The van der Waals surface area contributed by atoms with E-state index in [1.807, 2.05) is 12.1 Å². The summed E-state index contributed by atoms with van der Waals surface area (Å²) in [6.45, 7) is 0. The maximum Gasteiger partial charge on any atom is 0.257 e. The molecule has 0 aliphatic carbocycles. The number of aliphatic hydroxyl groups excluding tert-OH is 1. The Balaban J connectivity index is 2.63. The van der Waals surface area contributed by atoms with Crippen LogP contribution in [0.1, 0.15) is 11.7 Å². The second-order valence-electron chi connectivity index (χ2n) is 2.74. The highest BCUT2D eigenvalue weighted by atomic mass is 127. The van der Waals surface area contributed by atoms with Gasteiger partial charge in [-0.1, -0.05) is 0 Å². The monoisotopic (exact) mass is 401 g/mol. The number of hydrogen-bond donors (Lipinski definition) is 2. The first-order chi connectivity index (χ1) is 6.09. The van der Waals surface area contributed by atoms with Crippen LogP contribution in [0.2, 0.25) is 0 Å². The molecule has 1 aliphatic heterocycles. The molecule has 0 spiro atoms. The number of nitrogens with one attached hydrogen (secondary N) is 1. The summed E-state index contributed by atoms with van der Waals surface area (Å²) < 4.78 is 1.99. The second-order valence-corrected chi connectivity index (χ2v) is 5.15. The van der Waals surface area contributed by atoms with Crippen LogP contribution in [0, 0.1) is 7.14 Å². The zero-order chi connectivity index (χ0) is 9.59. The molecule has 1 unspecified atom stereocenters. The number of halogens is 2. The van der Waals surface area contributed by atoms with E-state index in [-0.39, 0.29) is 5.91 Å². The zero-order valence-corrected chi connectivity index (χ0v) is 10.7. The molecule has 1 aromatic rings. The van der Waals surface area contributed by atoms with Crippen molar-refractivity contribution in [3.63, 3.8) is 0 Å². The number of amides is 1. The number of fused-ring (bicyclic) bond motifs is 1. The van der Waals surface area contributed by atoms with Crippen LogP contribution >= 0.6 is 45.2 Å². The summed E-state index contributed by atoms with van der Waals surface area (Å²) in [6, 6.07) is 3.78. The normalized spacial score (nSPS) is 19.9. The summed E-state index contributed by atoms with van der Waals surface area (Å²) in [6.07, 6.45) is -1.00. The predicted molar refractivity (Wildman–Crippen MR) is 65.5 cm³/mol. The van der Waals surface area contributed by atoms with Crippen molar-refractivity contribution in [2.24, 2.45) is 0 Å². The van der Waals surface area contributed by atoms with Gasteiger partial charge in [0.2, 0.25) is 0 Å². The smallest absolute Gasteiger partial charge is 0.257 e. The third-order valence-electron chi connectivity index (χ3n) is 1.88. The summed E-state index contributed by atoms with van der Waals surface area (Å²) in [5, 5.41) is 12.1. The molecule has 1 aliphatic rings. The molecule has 0 bridgehead atoms. The second kappa shape index (κ2) is 3.35. The molecule has 1 amide bonds. The SMILES string of the molecule is O=C1Nc2c(I)cc(I)cc2C1O. The van der Waals surface area contributed by atoms with Gasteiger partial charge in [-0.05, 0) is 57.3 Å². The maximum atomic E-state index is 11.1. The van der Waals surface area contributed by atoms with Crippen molar-refractivity contribution in [2.75, 3.05) is 5.32 Å². The lowest BCUT2D eigenvalue weighted by atomic mass is 10.1. The van der Waals surface area contributed by atoms with Crippen LogP contribution in [0.15, 0.2) is 12.1 Å². The van der Waals surface area contributed by atoms with Crippen molar-refractivity contribution in [1.29, 1.82) is 0 Å². The minimum Gasteiger partial charge on any atom is -0.378 e. The molecule has 13 heavy (non-hydrogen) atoms. The van der Waals surface area contributed by atoms with Crippen molar-refractivity contribution in [3.8, 4) is 0 Å². The molecule has 0 radical (unpaired) electrons. The Labute approximate surface area is 102 Å². The lowest BCUT2D eigenvalue weighted by molar-refractivity contribution is -0.123. The van der Waals surface area contributed by atoms with E-state index in [1.165, 1.54) is 0 Å². The van der Waals surface area contributed by atoms with Gasteiger partial charge >= 0.3 is 0 Å². The van der Waals surface area contributed by atoms with E-state index in [4.69, 9.17) is 0 Å².